The van der Waals surface area contributed by atoms with E-state index in [1.165, 1.54) is 18.2 Å². The number of nitrogens with zero attached hydrogens (tertiary/aromatic N) is 5. The summed E-state index contributed by atoms with van der Waals surface area (Å²) in [6.45, 7) is 1.42. The van der Waals surface area contributed by atoms with E-state index in [0.29, 0.717) is 38.2 Å². The highest BCUT2D eigenvalue weighted by molar-refractivity contribution is 6.30. The van der Waals surface area contributed by atoms with Crippen molar-refractivity contribution in [2.24, 2.45) is 13.0 Å². The van der Waals surface area contributed by atoms with Crippen molar-refractivity contribution in [3.63, 3.8) is 0 Å². The molecule has 2 aliphatic heterocycles. The lowest BCUT2D eigenvalue weighted by molar-refractivity contribution is -0.124. The molecule has 3 aromatic rings. The third-order valence-corrected chi connectivity index (χ3v) is 8.53. The average Bonchev–Trinajstić information content (AvgIpc) is 3.42. The number of pyridine rings is 1. The first-order valence-electron chi connectivity index (χ1n) is 13.3. The van der Waals surface area contributed by atoms with Gasteiger partial charge in [-0.3, -0.25) is 19.3 Å². The number of halogens is 4. The Kier molecular flexibility index (Phi) is 6.72. The summed E-state index contributed by atoms with van der Waals surface area (Å²) in [5.74, 6) is -0.0852. The second-order valence-corrected chi connectivity index (χ2v) is 11.4. The molecule has 1 spiro atoms. The van der Waals surface area contributed by atoms with Crippen LogP contribution < -0.4 is 15.1 Å². The highest BCUT2D eigenvalue weighted by Crippen LogP contribution is 2.49. The van der Waals surface area contributed by atoms with Crippen molar-refractivity contribution in [3.05, 3.63) is 70.4 Å². The van der Waals surface area contributed by atoms with E-state index in [2.05, 4.69) is 20.3 Å². The van der Waals surface area contributed by atoms with Crippen molar-refractivity contribution in [1.29, 1.82) is 0 Å². The molecule has 4 heterocycles. The molecule has 6 rings (SSSR count). The lowest BCUT2D eigenvalue weighted by Crippen LogP contribution is -2.64. The fourth-order valence-electron chi connectivity index (χ4n) is 6.26. The van der Waals surface area contributed by atoms with Crippen LogP contribution in [0.5, 0.6) is 0 Å². The van der Waals surface area contributed by atoms with Crippen molar-refractivity contribution in [1.82, 2.24) is 20.1 Å². The number of hydrogen-bond acceptors (Lipinski definition) is 5. The Balaban J connectivity index is 1.11. The van der Waals surface area contributed by atoms with Crippen molar-refractivity contribution in [3.8, 4) is 0 Å². The van der Waals surface area contributed by atoms with Gasteiger partial charge in [0, 0.05) is 51.2 Å². The molecule has 1 aliphatic carbocycles. The minimum atomic E-state index is -2.89. The summed E-state index contributed by atoms with van der Waals surface area (Å²) < 4.78 is 42.7. The van der Waals surface area contributed by atoms with Gasteiger partial charge in [0.25, 0.3) is 12.3 Å². The van der Waals surface area contributed by atoms with Gasteiger partial charge in [-0.15, -0.1) is 0 Å². The van der Waals surface area contributed by atoms with Crippen molar-refractivity contribution in [2.45, 2.75) is 43.6 Å². The summed E-state index contributed by atoms with van der Waals surface area (Å²) >= 11 is 5.89. The average molecular weight is 573 g/mol. The normalized spacial score (nSPS) is 21.6. The Morgan fingerprint density at radius 2 is 1.93 bits per heavy atom. The largest absolute Gasteiger partial charge is 0.352 e. The molecule has 40 heavy (non-hydrogen) atoms. The lowest BCUT2D eigenvalue weighted by Gasteiger charge is -2.47. The first kappa shape index (κ1) is 26.6. The molecule has 2 amide bonds. The van der Waals surface area contributed by atoms with Crippen LogP contribution in [0.25, 0.3) is 0 Å². The molecule has 12 heteroatoms. The third kappa shape index (κ3) is 4.59. The van der Waals surface area contributed by atoms with Gasteiger partial charge in [-0.2, -0.15) is 5.10 Å². The van der Waals surface area contributed by atoms with Crippen molar-refractivity contribution in [2.75, 3.05) is 29.4 Å². The lowest BCUT2D eigenvalue weighted by atomic mass is 9.74. The van der Waals surface area contributed by atoms with Gasteiger partial charge in [0.2, 0.25) is 5.91 Å². The quantitative estimate of drug-likeness (QED) is 0.465. The predicted octanol–water partition coefficient (Wildman–Crippen LogP) is 4.64. The van der Waals surface area contributed by atoms with Crippen LogP contribution in [0.2, 0.25) is 5.02 Å². The molecule has 2 aromatic heterocycles. The van der Waals surface area contributed by atoms with E-state index in [4.69, 9.17) is 11.6 Å². The SMILES string of the molecule is Cn1ccc(N2CC3(C2)C(=O)N(C[C@H]2CC[C@H](NC(=O)c4cc(Cl)cnc4C(F)F)CC2)c2cc(F)ccc23)n1. The summed E-state index contributed by atoms with van der Waals surface area (Å²) in [5, 5.41) is 7.39. The number of carbonyl (C=O) groups is 2. The Labute approximate surface area is 234 Å². The third-order valence-electron chi connectivity index (χ3n) is 8.32. The van der Waals surface area contributed by atoms with Gasteiger partial charge in [-0.05, 0) is 55.4 Å². The van der Waals surface area contributed by atoms with Gasteiger partial charge in [-0.1, -0.05) is 17.7 Å². The number of nitrogens with one attached hydrogen (secondary N) is 1. The summed E-state index contributed by atoms with van der Waals surface area (Å²) in [6.07, 6.45) is 2.77. The number of carbonyl (C=O) groups excluding carboxylic acids is 2. The standard InChI is InChI=1S/C28H28ClF3N6O2/c1-36-9-8-23(35-36)37-14-28(15-37)21-7-4-18(30)11-22(21)38(27(28)40)13-16-2-5-19(6-3-16)34-26(39)20-10-17(29)12-33-24(20)25(31)32/h4,7-12,16,19,25H,2-3,5-6,13-15H2,1H3,(H,34,39)/t16-,19-. The molecule has 0 unspecified atom stereocenters. The molecule has 1 N–H and O–H groups in total. The maximum absolute atomic E-state index is 14.3. The molecule has 1 aromatic carbocycles. The van der Waals surface area contributed by atoms with Gasteiger partial charge in [0.05, 0.1) is 16.3 Å². The van der Waals surface area contributed by atoms with Gasteiger partial charge >= 0.3 is 0 Å². The fourth-order valence-corrected chi connectivity index (χ4v) is 6.42. The van der Waals surface area contributed by atoms with E-state index >= 15 is 0 Å². The highest BCUT2D eigenvalue weighted by atomic mass is 35.5. The van der Waals surface area contributed by atoms with Crippen LogP contribution in [-0.2, 0) is 17.3 Å². The number of hydrogen-bond donors (Lipinski definition) is 1. The number of aromatic nitrogens is 3. The molecule has 1 saturated carbocycles. The second-order valence-electron chi connectivity index (χ2n) is 10.9. The Bertz CT molecular complexity index is 1470. The minimum absolute atomic E-state index is 0.0244. The van der Waals surface area contributed by atoms with E-state index in [-0.39, 0.29) is 34.3 Å². The fraction of sp³-hybridized carbons (Fsp3) is 0.429. The maximum atomic E-state index is 14.3. The number of benzene rings is 1. The van der Waals surface area contributed by atoms with Crippen molar-refractivity contribution >= 4 is 34.9 Å². The number of anilines is 2. The number of rotatable bonds is 6. The monoisotopic (exact) mass is 572 g/mol. The zero-order valence-electron chi connectivity index (χ0n) is 21.8. The summed E-state index contributed by atoms with van der Waals surface area (Å²) in [6, 6.07) is 7.49. The first-order chi connectivity index (χ1) is 19.1. The molecule has 1 saturated heterocycles. The van der Waals surface area contributed by atoms with Crippen LogP contribution in [0.3, 0.4) is 0 Å². The molecular weight excluding hydrogens is 545 g/mol. The van der Waals surface area contributed by atoms with Crippen LogP contribution in [-0.4, -0.2) is 52.3 Å². The Morgan fingerprint density at radius 1 is 1.18 bits per heavy atom. The smallest absolute Gasteiger partial charge is 0.281 e. The van der Waals surface area contributed by atoms with E-state index in [0.717, 1.165) is 30.4 Å². The second kappa shape index (κ2) is 10.1. The van der Waals surface area contributed by atoms with E-state index in [1.807, 2.05) is 19.3 Å². The molecule has 210 valence electrons. The van der Waals surface area contributed by atoms with Gasteiger partial charge in [-0.25, -0.2) is 13.2 Å². The van der Waals surface area contributed by atoms with E-state index in [9.17, 15) is 22.8 Å². The number of amides is 2. The summed E-state index contributed by atoms with van der Waals surface area (Å²) in [5.41, 5.74) is -0.0813. The summed E-state index contributed by atoms with van der Waals surface area (Å²) in [7, 11) is 1.84. The van der Waals surface area contributed by atoms with Gasteiger partial charge in [0.1, 0.15) is 16.9 Å². The molecule has 0 bridgehead atoms. The Morgan fingerprint density at radius 3 is 2.60 bits per heavy atom. The number of aryl methyl sites for hydroxylation is 1. The topological polar surface area (TPSA) is 83.4 Å². The van der Waals surface area contributed by atoms with Crippen LogP contribution >= 0.6 is 11.6 Å². The Hall–Kier alpha value is -3.60. The zero-order valence-corrected chi connectivity index (χ0v) is 22.5. The minimum Gasteiger partial charge on any atom is -0.352 e. The van der Waals surface area contributed by atoms with Gasteiger partial charge in [0.15, 0.2) is 5.82 Å². The van der Waals surface area contributed by atoms with Crippen LogP contribution in [0.4, 0.5) is 24.7 Å². The summed E-state index contributed by atoms with van der Waals surface area (Å²) in [4.78, 5) is 34.0. The number of fused-ring (bicyclic) bond motifs is 2. The molecule has 2 fully saturated rings. The van der Waals surface area contributed by atoms with Crippen LogP contribution in [0.15, 0.2) is 42.7 Å². The first-order valence-corrected chi connectivity index (χ1v) is 13.6. The molecule has 0 atom stereocenters. The van der Waals surface area contributed by atoms with Gasteiger partial charge < -0.3 is 15.1 Å². The maximum Gasteiger partial charge on any atom is 0.281 e. The predicted molar refractivity (Wildman–Crippen MR) is 143 cm³/mol. The van der Waals surface area contributed by atoms with Crippen LogP contribution in [0, 0.1) is 11.7 Å². The van der Waals surface area contributed by atoms with Crippen molar-refractivity contribution < 1.29 is 22.8 Å². The molecule has 3 aliphatic rings. The van der Waals surface area contributed by atoms with E-state index in [1.54, 1.807) is 15.6 Å². The molecule has 0 radical (unpaired) electrons. The molecular formula is C28H28ClF3N6O2. The number of alkyl halides is 2. The van der Waals surface area contributed by atoms with Crippen LogP contribution in [0.1, 0.15) is 53.7 Å². The highest BCUT2D eigenvalue weighted by Gasteiger charge is 2.58. The molecule has 8 nitrogen and oxygen atoms in total. The van der Waals surface area contributed by atoms with E-state index < -0.39 is 23.4 Å². The zero-order chi connectivity index (χ0) is 28.2.